The highest BCUT2D eigenvalue weighted by molar-refractivity contribution is 7.91. The third-order valence-corrected chi connectivity index (χ3v) is 7.00. The Hall–Kier alpha value is -0.960. The summed E-state index contributed by atoms with van der Waals surface area (Å²) in [5.74, 6) is 0.255. The van der Waals surface area contributed by atoms with E-state index in [2.05, 4.69) is 4.72 Å². The van der Waals surface area contributed by atoms with Crippen LogP contribution in [0.5, 0.6) is 0 Å². The highest BCUT2D eigenvalue weighted by atomic mass is 32.2. The van der Waals surface area contributed by atoms with Crippen molar-refractivity contribution in [3.63, 3.8) is 0 Å². The molecule has 0 saturated carbocycles. The van der Waals surface area contributed by atoms with E-state index in [9.17, 15) is 13.2 Å². The van der Waals surface area contributed by atoms with E-state index in [1.165, 1.54) is 6.07 Å². The van der Waals surface area contributed by atoms with Crippen LogP contribution < -0.4 is 10.5 Å². The SMILES string of the molecule is CC(NS(=O)(=O)c1cccs1)C(=O)N1CCC(C(C)N)CC1. The normalized spacial score (nSPS) is 19.9. The number of likely N-dealkylation sites (tertiary alicyclic amines) is 1. The Balaban J connectivity index is 1.93. The highest BCUT2D eigenvalue weighted by Gasteiger charge is 2.29. The zero-order chi connectivity index (χ0) is 16.3. The number of piperidine rings is 1. The molecule has 1 fully saturated rings. The van der Waals surface area contributed by atoms with Gasteiger partial charge in [-0.3, -0.25) is 4.79 Å². The summed E-state index contributed by atoms with van der Waals surface area (Å²) < 4.78 is 27.0. The van der Waals surface area contributed by atoms with E-state index in [4.69, 9.17) is 5.73 Å². The zero-order valence-electron chi connectivity index (χ0n) is 12.9. The monoisotopic (exact) mass is 345 g/mol. The maximum absolute atomic E-state index is 12.4. The fourth-order valence-electron chi connectivity index (χ4n) is 2.68. The second kappa shape index (κ2) is 7.08. The number of carbonyl (C=O) groups is 1. The van der Waals surface area contributed by atoms with Gasteiger partial charge in [-0.25, -0.2) is 8.42 Å². The minimum absolute atomic E-state index is 0.131. The first kappa shape index (κ1) is 17.4. The smallest absolute Gasteiger partial charge is 0.250 e. The molecular formula is C14H23N3O3S2. The molecule has 3 N–H and O–H groups in total. The summed E-state index contributed by atoms with van der Waals surface area (Å²) >= 11 is 1.13. The van der Waals surface area contributed by atoms with Crippen molar-refractivity contribution in [2.75, 3.05) is 13.1 Å². The van der Waals surface area contributed by atoms with Crippen molar-refractivity contribution in [3.8, 4) is 0 Å². The highest BCUT2D eigenvalue weighted by Crippen LogP contribution is 2.21. The molecule has 1 aromatic rings. The van der Waals surface area contributed by atoms with Crippen LogP contribution in [-0.2, 0) is 14.8 Å². The van der Waals surface area contributed by atoms with Crippen LogP contribution in [0.3, 0.4) is 0 Å². The fourth-order valence-corrected chi connectivity index (χ4v) is 4.88. The molecule has 1 aliphatic heterocycles. The van der Waals surface area contributed by atoms with Crippen molar-refractivity contribution in [2.24, 2.45) is 11.7 Å². The van der Waals surface area contributed by atoms with Gasteiger partial charge in [0.15, 0.2) is 0 Å². The Kier molecular flexibility index (Phi) is 5.60. The summed E-state index contributed by atoms with van der Waals surface area (Å²) in [4.78, 5) is 14.1. The third kappa shape index (κ3) is 4.07. The number of hydrogen-bond acceptors (Lipinski definition) is 5. The van der Waals surface area contributed by atoms with E-state index in [0.29, 0.717) is 19.0 Å². The Bertz CT molecular complexity index is 591. The van der Waals surface area contributed by atoms with Crippen molar-refractivity contribution >= 4 is 27.3 Å². The van der Waals surface area contributed by atoms with Crippen molar-refractivity contribution < 1.29 is 13.2 Å². The number of sulfonamides is 1. The molecule has 2 heterocycles. The van der Waals surface area contributed by atoms with Crippen molar-refractivity contribution in [1.82, 2.24) is 9.62 Å². The molecule has 2 unspecified atom stereocenters. The van der Waals surface area contributed by atoms with Gasteiger partial charge in [0.25, 0.3) is 10.0 Å². The van der Waals surface area contributed by atoms with Gasteiger partial charge >= 0.3 is 0 Å². The quantitative estimate of drug-likeness (QED) is 0.833. The number of nitrogens with zero attached hydrogens (tertiary/aromatic N) is 1. The number of amides is 1. The molecule has 8 heteroatoms. The summed E-state index contributed by atoms with van der Waals surface area (Å²) in [6, 6.07) is 2.56. The number of carbonyl (C=O) groups excluding carboxylic acids is 1. The van der Waals surface area contributed by atoms with Crippen molar-refractivity contribution in [1.29, 1.82) is 0 Å². The second-order valence-corrected chi connectivity index (χ2v) is 8.69. The van der Waals surface area contributed by atoms with E-state index in [0.717, 1.165) is 24.2 Å². The molecule has 1 aromatic heterocycles. The minimum Gasteiger partial charge on any atom is -0.341 e. The van der Waals surface area contributed by atoms with Crippen molar-refractivity contribution in [3.05, 3.63) is 17.5 Å². The van der Waals surface area contributed by atoms with Crippen LogP contribution in [0.25, 0.3) is 0 Å². The molecule has 0 spiro atoms. The van der Waals surface area contributed by atoms with Crippen molar-refractivity contribution in [2.45, 2.75) is 43.0 Å². The van der Waals surface area contributed by atoms with Crippen LogP contribution in [-0.4, -0.2) is 44.4 Å². The molecule has 2 rings (SSSR count). The number of rotatable bonds is 5. The zero-order valence-corrected chi connectivity index (χ0v) is 14.5. The predicted octanol–water partition coefficient (Wildman–Crippen LogP) is 1.00. The second-order valence-electron chi connectivity index (χ2n) is 5.80. The van der Waals surface area contributed by atoms with Gasteiger partial charge in [0, 0.05) is 19.1 Å². The maximum Gasteiger partial charge on any atom is 0.250 e. The van der Waals surface area contributed by atoms with E-state index < -0.39 is 16.1 Å². The van der Waals surface area contributed by atoms with Crippen LogP contribution in [0, 0.1) is 5.92 Å². The average Bonchev–Trinajstić information content (AvgIpc) is 3.01. The lowest BCUT2D eigenvalue weighted by molar-refractivity contribution is -0.134. The first-order valence-corrected chi connectivity index (χ1v) is 9.77. The summed E-state index contributed by atoms with van der Waals surface area (Å²) in [6.45, 7) is 4.84. The van der Waals surface area contributed by atoms with Crippen LogP contribution in [0.4, 0.5) is 0 Å². The van der Waals surface area contributed by atoms with Crippen LogP contribution >= 0.6 is 11.3 Å². The number of thiophene rings is 1. The van der Waals surface area contributed by atoms with Gasteiger partial charge in [-0.15, -0.1) is 11.3 Å². The van der Waals surface area contributed by atoms with Gasteiger partial charge in [-0.2, -0.15) is 4.72 Å². The van der Waals surface area contributed by atoms with Gasteiger partial charge in [0.05, 0.1) is 6.04 Å². The lowest BCUT2D eigenvalue weighted by Gasteiger charge is -2.35. The molecule has 1 aliphatic rings. The lowest BCUT2D eigenvalue weighted by Crippen LogP contribution is -2.50. The Labute approximate surface area is 135 Å². The summed E-state index contributed by atoms with van der Waals surface area (Å²) in [7, 11) is -3.62. The molecule has 6 nitrogen and oxygen atoms in total. The fraction of sp³-hybridized carbons (Fsp3) is 0.643. The van der Waals surface area contributed by atoms with Crippen LogP contribution in [0.1, 0.15) is 26.7 Å². The Morgan fingerprint density at radius 3 is 2.55 bits per heavy atom. The molecule has 0 aliphatic carbocycles. The standard InChI is InChI=1S/C14H23N3O3S2/c1-10(15)12-5-7-17(8-6-12)14(18)11(2)16-22(19,20)13-4-3-9-21-13/h3-4,9-12,16H,5-8,15H2,1-2H3. The number of nitrogens with one attached hydrogen (secondary N) is 1. The Morgan fingerprint density at radius 1 is 1.41 bits per heavy atom. The van der Waals surface area contributed by atoms with Gasteiger partial charge < -0.3 is 10.6 Å². The summed E-state index contributed by atoms with van der Waals surface area (Å²) in [5, 5.41) is 1.69. The topological polar surface area (TPSA) is 92.5 Å². The Morgan fingerprint density at radius 2 is 2.05 bits per heavy atom. The average molecular weight is 345 g/mol. The molecular weight excluding hydrogens is 322 g/mol. The molecule has 1 amide bonds. The molecule has 22 heavy (non-hydrogen) atoms. The molecule has 124 valence electrons. The molecule has 0 bridgehead atoms. The number of nitrogens with two attached hydrogens (primary N) is 1. The largest absolute Gasteiger partial charge is 0.341 e. The van der Waals surface area contributed by atoms with Gasteiger partial charge in [-0.05, 0) is 44.1 Å². The summed E-state index contributed by atoms with van der Waals surface area (Å²) in [6.07, 6.45) is 1.74. The van der Waals surface area contributed by atoms with E-state index in [1.807, 2.05) is 6.92 Å². The molecule has 1 saturated heterocycles. The first-order valence-electron chi connectivity index (χ1n) is 7.41. The van der Waals surface area contributed by atoms with Crippen LogP contribution in [0.15, 0.2) is 21.7 Å². The summed E-state index contributed by atoms with van der Waals surface area (Å²) in [5.41, 5.74) is 5.89. The van der Waals surface area contributed by atoms with Gasteiger partial charge in [0.1, 0.15) is 4.21 Å². The lowest BCUT2D eigenvalue weighted by atomic mass is 9.91. The van der Waals surface area contributed by atoms with E-state index in [1.54, 1.807) is 23.3 Å². The van der Waals surface area contributed by atoms with Crippen LogP contribution in [0.2, 0.25) is 0 Å². The van der Waals surface area contributed by atoms with Gasteiger partial charge in [0.2, 0.25) is 5.91 Å². The van der Waals surface area contributed by atoms with Gasteiger partial charge in [-0.1, -0.05) is 6.07 Å². The van der Waals surface area contributed by atoms with E-state index in [-0.39, 0.29) is 16.2 Å². The maximum atomic E-state index is 12.4. The third-order valence-electron chi connectivity index (χ3n) is 4.06. The first-order chi connectivity index (χ1) is 10.3. The molecule has 0 aromatic carbocycles. The molecule has 2 atom stereocenters. The molecule has 0 radical (unpaired) electrons. The van der Waals surface area contributed by atoms with E-state index >= 15 is 0 Å². The number of hydrogen-bond donors (Lipinski definition) is 2. The predicted molar refractivity (Wildman–Crippen MR) is 87.1 cm³/mol. The minimum atomic E-state index is -3.62.